The molecule has 1 aliphatic heterocycles. The van der Waals surface area contributed by atoms with Crippen LogP contribution in [0.1, 0.15) is 16.8 Å². The first-order chi connectivity index (χ1) is 13.8. The summed E-state index contributed by atoms with van der Waals surface area (Å²) in [7, 11) is 1.34. The summed E-state index contributed by atoms with van der Waals surface area (Å²) in [5.41, 5.74) is 0.507. The largest absolute Gasteiger partial charge is 0.494 e. The first-order valence-electron chi connectivity index (χ1n) is 8.57. The van der Waals surface area contributed by atoms with Crippen LogP contribution in [0.2, 0.25) is 0 Å². The molecule has 2 N–H and O–H groups in total. The second kappa shape index (κ2) is 7.97. The van der Waals surface area contributed by atoms with E-state index in [-0.39, 0.29) is 35.9 Å². The van der Waals surface area contributed by atoms with Gasteiger partial charge in [-0.25, -0.2) is 4.79 Å². The second-order valence-corrected chi connectivity index (χ2v) is 6.39. The number of carbonyl (C=O) groups excluding carboxylic acids is 2. The molecule has 0 saturated carbocycles. The number of nitrogens with one attached hydrogen (secondary N) is 1. The normalized spacial score (nSPS) is 15.8. The number of carbonyl (C=O) groups is 3. The van der Waals surface area contributed by atoms with Gasteiger partial charge in [0.25, 0.3) is 5.69 Å². The van der Waals surface area contributed by atoms with Crippen molar-refractivity contribution in [2.45, 2.75) is 6.42 Å². The van der Waals surface area contributed by atoms with Crippen molar-refractivity contribution < 1.29 is 29.2 Å². The lowest BCUT2D eigenvalue weighted by molar-refractivity contribution is -0.384. The number of benzene rings is 2. The van der Waals surface area contributed by atoms with E-state index in [1.54, 1.807) is 6.07 Å². The number of aromatic carboxylic acids is 1. The molecule has 2 aromatic rings. The Bertz CT molecular complexity index is 1010. The molecule has 0 spiro atoms. The summed E-state index contributed by atoms with van der Waals surface area (Å²) in [6, 6.07) is 9.67. The standard InChI is InChI=1S/C19H17N3O7/c1-29-16-9-14(22(27)28)5-6-15(16)21-10-12(8-17(21)23)18(24)20-13-4-2-3-11(7-13)19(25)26/h2-7,9,12H,8,10H2,1H3,(H,20,24)(H,25,26)/t12-/m0/s1. The number of ether oxygens (including phenoxy) is 1. The Kier molecular flexibility index (Phi) is 5.44. The number of carboxylic acid groups (broad SMARTS) is 1. The Morgan fingerprint density at radius 3 is 2.69 bits per heavy atom. The molecule has 1 heterocycles. The average Bonchev–Trinajstić information content (AvgIpc) is 3.09. The summed E-state index contributed by atoms with van der Waals surface area (Å²) < 4.78 is 5.17. The van der Waals surface area contributed by atoms with Gasteiger partial charge in [-0.3, -0.25) is 19.7 Å². The van der Waals surface area contributed by atoms with Crippen LogP contribution in [-0.2, 0) is 9.59 Å². The highest BCUT2D eigenvalue weighted by Gasteiger charge is 2.36. The molecule has 10 nitrogen and oxygen atoms in total. The molecule has 2 amide bonds. The SMILES string of the molecule is COc1cc([N+](=O)[O-])ccc1N1C[C@@H](C(=O)Nc2cccc(C(=O)O)c2)CC1=O. The lowest BCUT2D eigenvalue weighted by atomic mass is 10.1. The summed E-state index contributed by atoms with van der Waals surface area (Å²) >= 11 is 0. The van der Waals surface area contributed by atoms with Crippen LogP contribution in [0.15, 0.2) is 42.5 Å². The molecular formula is C19H17N3O7. The molecule has 2 aromatic carbocycles. The monoisotopic (exact) mass is 399 g/mol. The molecule has 1 atom stereocenters. The van der Waals surface area contributed by atoms with Gasteiger partial charge in [0.2, 0.25) is 11.8 Å². The van der Waals surface area contributed by atoms with Crippen molar-refractivity contribution in [1.29, 1.82) is 0 Å². The molecule has 29 heavy (non-hydrogen) atoms. The van der Waals surface area contributed by atoms with E-state index >= 15 is 0 Å². The fraction of sp³-hybridized carbons (Fsp3) is 0.211. The van der Waals surface area contributed by atoms with Crippen molar-refractivity contribution in [1.82, 2.24) is 0 Å². The molecule has 1 fully saturated rings. The molecule has 0 bridgehead atoms. The highest BCUT2D eigenvalue weighted by atomic mass is 16.6. The van der Waals surface area contributed by atoms with Crippen molar-refractivity contribution >= 4 is 34.8 Å². The summed E-state index contributed by atoms with van der Waals surface area (Å²) in [5.74, 6) is -2.38. The third-order valence-corrected chi connectivity index (χ3v) is 4.54. The van der Waals surface area contributed by atoms with Gasteiger partial charge in [0.05, 0.1) is 35.3 Å². The number of carboxylic acids is 1. The molecule has 0 radical (unpaired) electrons. The number of nitro benzene ring substituents is 1. The molecule has 10 heteroatoms. The first-order valence-corrected chi connectivity index (χ1v) is 8.57. The van der Waals surface area contributed by atoms with Crippen LogP contribution in [0.5, 0.6) is 5.75 Å². The minimum absolute atomic E-state index is 0.0301. The maximum Gasteiger partial charge on any atom is 0.335 e. The van der Waals surface area contributed by atoms with E-state index < -0.39 is 22.7 Å². The predicted molar refractivity (Wildman–Crippen MR) is 102 cm³/mol. The summed E-state index contributed by atoms with van der Waals surface area (Å²) in [6.45, 7) is 0.0669. The van der Waals surface area contributed by atoms with Crippen molar-refractivity contribution in [3.8, 4) is 5.75 Å². The Morgan fingerprint density at radius 1 is 1.28 bits per heavy atom. The number of hydrogen-bond acceptors (Lipinski definition) is 6. The number of nitrogens with zero attached hydrogens (tertiary/aromatic N) is 2. The first kappa shape index (κ1) is 19.8. The van der Waals surface area contributed by atoms with Gasteiger partial charge in [0, 0.05) is 24.7 Å². The molecule has 1 saturated heterocycles. The quantitative estimate of drug-likeness (QED) is 0.561. The summed E-state index contributed by atoms with van der Waals surface area (Å²) in [6.07, 6.45) is -0.0510. The number of non-ortho nitro benzene ring substituents is 1. The van der Waals surface area contributed by atoms with E-state index in [2.05, 4.69) is 5.32 Å². The molecule has 1 aliphatic rings. The predicted octanol–water partition coefficient (Wildman–Crippen LogP) is 2.29. The van der Waals surface area contributed by atoms with E-state index in [0.717, 1.165) is 0 Å². The molecular weight excluding hydrogens is 382 g/mol. The maximum absolute atomic E-state index is 12.6. The van der Waals surface area contributed by atoms with Crippen molar-refractivity contribution in [3.63, 3.8) is 0 Å². The van der Waals surface area contributed by atoms with Crippen LogP contribution >= 0.6 is 0 Å². The smallest absolute Gasteiger partial charge is 0.335 e. The van der Waals surface area contributed by atoms with Crippen LogP contribution in [0.3, 0.4) is 0 Å². The average molecular weight is 399 g/mol. The van der Waals surface area contributed by atoms with Crippen LogP contribution in [0.25, 0.3) is 0 Å². The van der Waals surface area contributed by atoms with Crippen molar-refractivity contribution in [2.24, 2.45) is 5.92 Å². The van der Waals surface area contributed by atoms with Gasteiger partial charge in [-0.2, -0.15) is 0 Å². The fourth-order valence-electron chi connectivity index (χ4n) is 3.09. The number of methoxy groups -OCH3 is 1. The molecule has 3 rings (SSSR count). The van der Waals surface area contributed by atoms with Crippen LogP contribution < -0.4 is 15.0 Å². The summed E-state index contributed by atoms with van der Waals surface area (Å²) in [4.78, 5) is 47.8. The lowest BCUT2D eigenvalue weighted by Gasteiger charge is -2.19. The Hall–Kier alpha value is -3.95. The highest BCUT2D eigenvalue weighted by molar-refractivity contribution is 6.04. The second-order valence-electron chi connectivity index (χ2n) is 6.39. The van der Waals surface area contributed by atoms with Gasteiger partial charge in [-0.15, -0.1) is 0 Å². The van der Waals surface area contributed by atoms with E-state index in [0.29, 0.717) is 11.4 Å². The number of anilines is 2. The zero-order valence-corrected chi connectivity index (χ0v) is 15.3. The highest BCUT2D eigenvalue weighted by Crippen LogP contribution is 2.36. The fourth-order valence-corrected chi connectivity index (χ4v) is 3.09. The number of nitro groups is 1. The Labute approximate surface area is 164 Å². The molecule has 0 aromatic heterocycles. The number of rotatable bonds is 6. The van der Waals surface area contributed by atoms with Gasteiger partial charge < -0.3 is 20.1 Å². The van der Waals surface area contributed by atoms with Gasteiger partial charge in [0.15, 0.2) is 0 Å². The van der Waals surface area contributed by atoms with Gasteiger partial charge in [-0.1, -0.05) is 6.07 Å². The van der Waals surface area contributed by atoms with Gasteiger partial charge in [0.1, 0.15) is 5.75 Å². The topological polar surface area (TPSA) is 139 Å². The number of hydrogen-bond donors (Lipinski definition) is 2. The van der Waals surface area contributed by atoms with Crippen molar-refractivity contribution in [3.05, 3.63) is 58.1 Å². The van der Waals surface area contributed by atoms with Crippen LogP contribution in [0.4, 0.5) is 17.1 Å². The van der Waals surface area contributed by atoms with E-state index in [1.165, 1.54) is 48.4 Å². The van der Waals surface area contributed by atoms with Crippen LogP contribution in [-0.4, -0.2) is 41.5 Å². The van der Waals surface area contributed by atoms with Crippen LogP contribution in [0, 0.1) is 16.0 Å². The van der Waals surface area contributed by atoms with E-state index in [9.17, 15) is 24.5 Å². The van der Waals surface area contributed by atoms with E-state index in [1.807, 2.05) is 0 Å². The molecule has 150 valence electrons. The van der Waals surface area contributed by atoms with Crippen molar-refractivity contribution in [2.75, 3.05) is 23.9 Å². The third-order valence-electron chi connectivity index (χ3n) is 4.54. The Balaban J connectivity index is 1.76. The zero-order valence-electron chi connectivity index (χ0n) is 15.3. The molecule has 0 aliphatic carbocycles. The summed E-state index contributed by atoms with van der Waals surface area (Å²) in [5, 5.41) is 22.6. The third kappa shape index (κ3) is 4.15. The maximum atomic E-state index is 12.6. The zero-order chi connectivity index (χ0) is 21.1. The minimum atomic E-state index is -1.12. The minimum Gasteiger partial charge on any atom is -0.494 e. The lowest BCUT2D eigenvalue weighted by Crippen LogP contribution is -2.28. The molecule has 0 unspecified atom stereocenters. The van der Waals surface area contributed by atoms with Gasteiger partial charge in [-0.05, 0) is 24.3 Å². The number of amides is 2. The van der Waals surface area contributed by atoms with Gasteiger partial charge >= 0.3 is 5.97 Å². The Morgan fingerprint density at radius 2 is 2.03 bits per heavy atom. The van der Waals surface area contributed by atoms with E-state index in [4.69, 9.17) is 9.84 Å².